The number of rotatable bonds is 3. The second kappa shape index (κ2) is 3.82. The number of nitrogens with zero attached hydrogens (tertiary/aromatic N) is 4. The van der Waals surface area contributed by atoms with Crippen LogP contribution in [0.3, 0.4) is 0 Å². The van der Waals surface area contributed by atoms with E-state index in [9.17, 15) is 0 Å². The molecule has 2 rings (SSSR count). The Morgan fingerprint density at radius 2 is 2.20 bits per heavy atom. The van der Waals surface area contributed by atoms with Gasteiger partial charge in [-0.05, 0) is 6.42 Å². The highest BCUT2D eigenvalue weighted by Crippen LogP contribution is 2.14. The van der Waals surface area contributed by atoms with Gasteiger partial charge in [-0.25, -0.2) is 15.0 Å². The molecule has 0 aliphatic heterocycles. The van der Waals surface area contributed by atoms with Crippen molar-refractivity contribution in [3.05, 3.63) is 12.7 Å². The summed E-state index contributed by atoms with van der Waals surface area (Å²) in [5.41, 5.74) is 12.9. The van der Waals surface area contributed by atoms with E-state index in [-0.39, 0.29) is 6.04 Å². The fraction of sp³-hybridized carbons (Fsp3) is 0.444. The van der Waals surface area contributed by atoms with Crippen molar-refractivity contribution >= 4 is 17.0 Å². The van der Waals surface area contributed by atoms with Crippen molar-refractivity contribution in [2.24, 2.45) is 5.73 Å². The van der Waals surface area contributed by atoms with Crippen LogP contribution in [0.5, 0.6) is 0 Å². The van der Waals surface area contributed by atoms with Crippen LogP contribution >= 0.6 is 0 Å². The highest BCUT2D eigenvalue weighted by molar-refractivity contribution is 5.81. The fourth-order valence-corrected chi connectivity index (χ4v) is 1.41. The molecule has 0 amide bonds. The number of nitrogen functional groups attached to an aromatic ring is 1. The van der Waals surface area contributed by atoms with E-state index < -0.39 is 0 Å². The molecule has 6 nitrogen and oxygen atoms in total. The normalized spacial score (nSPS) is 13.2. The van der Waals surface area contributed by atoms with Gasteiger partial charge in [0.2, 0.25) is 0 Å². The molecular formula is C9H14N6. The third-order valence-electron chi connectivity index (χ3n) is 2.39. The van der Waals surface area contributed by atoms with E-state index in [1.807, 2.05) is 11.5 Å². The van der Waals surface area contributed by atoms with E-state index in [1.54, 1.807) is 6.33 Å². The molecule has 0 aromatic carbocycles. The van der Waals surface area contributed by atoms with E-state index in [2.05, 4.69) is 15.0 Å². The highest BCUT2D eigenvalue weighted by Gasteiger charge is 2.09. The third kappa shape index (κ3) is 1.75. The summed E-state index contributed by atoms with van der Waals surface area (Å²) >= 11 is 0. The van der Waals surface area contributed by atoms with Crippen LogP contribution in [-0.4, -0.2) is 25.6 Å². The van der Waals surface area contributed by atoms with Crippen LogP contribution in [0, 0.1) is 0 Å². The molecule has 1 atom stereocenters. The number of hydrogen-bond acceptors (Lipinski definition) is 5. The SMILES string of the molecule is CCC(N)Cn1cnc2c(N)ncnc21. The lowest BCUT2D eigenvalue weighted by molar-refractivity contribution is 0.545. The summed E-state index contributed by atoms with van der Waals surface area (Å²) in [5, 5.41) is 0. The van der Waals surface area contributed by atoms with E-state index in [0.29, 0.717) is 17.9 Å². The average Bonchev–Trinajstić information content (AvgIpc) is 2.63. The summed E-state index contributed by atoms with van der Waals surface area (Å²) in [4.78, 5) is 12.2. The molecule has 80 valence electrons. The molecule has 0 aliphatic rings. The van der Waals surface area contributed by atoms with E-state index >= 15 is 0 Å². The Morgan fingerprint density at radius 1 is 1.40 bits per heavy atom. The van der Waals surface area contributed by atoms with Gasteiger partial charge in [0.1, 0.15) is 11.8 Å². The van der Waals surface area contributed by atoms with Crippen molar-refractivity contribution in [1.82, 2.24) is 19.5 Å². The third-order valence-corrected chi connectivity index (χ3v) is 2.39. The van der Waals surface area contributed by atoms with Crippen LogP contribution in [-0.2, 0) is 6.54 Å². The summed E-state index contributed by atoms with van der Waals surface area (Å²) in [6, 6.07) is 0.110. The molecule has 0 aliphatic carbocycles. The van der Waals surface area contributed by atoms with Gasteiger partial charge < -0.3 is 16.0 Å². The molecule has 2 aromatic rings. The van der Waals surface area contributed by atoms with Crippen LogP contribution in [0.2, 0.25) is 0 Å². The lowest BCUT2D eigenvalue weighted by Gasteiger charge is -2.09. The first-order valence-corrected chi connectivity index (χ1v) is 4.89. The van der Waals surface area contributed by atoms with Gasteiger partial charge in [-0.1, -0.05) is 6.92 Å². The maximum absolute atomic E-state index is 5.87. The molecule has 0 radical (unpaired) electrons. The first-order valence-electron chi connectivity index (χ1n) is 4.89. The Labute approximate surface area is 87.3 Å². The molecule has 2 aromatic heterocycles. The number of nitrogens with two attached hydrogens (primary N) is 2. The van der Waals surface area contributed by atoms with Gasteiger partial charge in [0.05, 0.1) is 6.33 Å². The number of fused-ring (bicyclic) bond motifs is 1. The largest absolute Gasteiger partial charge is 0.382 e. The number of anilines is 1. The summed E-state index contributed by atoms with van der Waals surface area (Å²) in [7, 11) is 0. The zero-order chi connectivity index (χ0) is 10.8. The first kappa shape index (κ1) is 9.85. The zero-order valence-electron chi connectivity index (χ0n) is 8.59. The van der Waals surface area contributed by atoms with Crippen LogP contribution in [0.15, 0.2) is 12.7 Å². The first-order chi connectivity index (χ1) is 7.22. The monoisotopic (exact) mass is 206 g/mol. The Bertz CT molecular complexity index is 463. The standard InChI is InChI=1S/C9H14N6/c1-2-6(10)3-15-5-14-7-8(11)12-4-13-9(7)15/h4-6H,2-3,10H2,1H3,(H2,11,12,13). The van der Waals surface area contributed by atoms with Crippen LogP contribution < -0.4 is 11.5 Å². The van der Waals surface area contributed by atoms with E-state index in [1.165, 1.54) is 6.33 Å². The Balaban J connectivity index is 2.41. The molecule has 6 heteroatoms. The predicted octanol–water partition coefficient (Wildman–Crippen LogP) is 0.146. The van der Waals surface area contributed by atoms with Crippen LogP contribution in [0.1, 0.15) is 13.3 Å². The lowest BCUT2D eigenvalue weighted by Crippen LogP contribution is -2.24. The van der Waals surface area contributed by atoms with Gasteiger partial charge in [-0.15, -0.1) is 0 Å². The molecule has 0 bridgehead atoms. The minimum absolute atomic E-state index is 0.110. The average molecular weight is 206 g/mol. The Kier molecular flexibility index (Phi) is 2.51. The molecule has 0 saturated carbocycles. The summed E-state index contributed by atoms with van der Waals surface area (Å²) < 4.78 is 1.90. The molecular weight excluding hydrogens is 192 g/mol. The van der Waals surface area contributed by atoms with E-state index in [0.717, 1.165) is 12.1 Å². The zero-order valence-corrected chi connectivity index (χ0v) is 8.59. The minimum atomic E-state index is 0.110. The quantitative estimate of drug-likeness (QED) is 0.745. The van der Waals surface area contributed by atoms with Gasteiger partial charge in [0.25, 0.3) is 0 Å². The lowest BCUT2D eigenvalue weighted by atomic mass is 10.2. The molecule has 2 heterocycles. The van der Waals surface area contributed by atoms with Crippen molar-refractivity contribution < 1.29 is 0 Å². The van der Waals surface area contributed by atoms with Gasteiger partial charge in [-0.3, -0.25) is 0 Å². The summed E-state index contributed by atoms with van der Waals surface area (Å²) in [6.07, 6.45) is 4.05. The van der Waals surface area contributed by atoms with Crippen LogP contribution in [0.25, 0.3) is 11.2 Å². The van der Waals surface area contributed by atoms with Gasteiger partial charge in [0.15, 0.2) is 11.5 Å². The molecule has 15 heavy (non-hydrogen) atoms. The molecule has 0 saturated heterocycles. The molecule has 4 N–H and O–H groups in total. The maximum Gasteiger partial charge on any atom is 0.165 e. The summed E-state index contributed by atoms with van der Waals surface area (Å²) in [6.45, 7) is 2.75. The number of aromatic nitrogens is 4. The Hall–Kier alpha value is -1.69. The van der Waals surface area contributed by atoms with Crippen molar-refractivity contribution in [3.63, 3.8) is 0 Å². The van der Waals surface area contributed by atoms with Crippen molar-refractivity contribution in [2.45, 2.75) is 25.9 Å². The van der Waals surface area contributed by atoms with Gasteiger partial charge in [0, 0.05) is 12.6 Å². The van der Waals surface area contributed by atoms with Crippen molar-refractivity contribution in [1.29, 1.82) is 0 Å². The van der Waals surface area contributed by atoms with Gasteiger partial charge >= 0.3 is 0 Å². The number of imidazole rings is 1. The predicted molar refractivity (Wildman–Crippen MR) is 58.0 cm³/mol. The smallest absolute Gasteiger partial charge is 0.165 e. The topological polar surface area (TPSA) is 95.6 Å². The van der Waals surface area contributed by atoms with Crippen LogP contribution in [0.4, 0.5) is 5.82 Å². The van der Waals surface area contributed by atoms with Gasteiger partial charge in [-0.2, -0.15) is 0 Å². The Morgan fingerprint density at radius 3 is 2.93 bits per heavy atom. The minimum Gasteiger partial charge on any atom is -0.382 e. The van der Waals surface area contributed by atoms with Crippen molar-refractivity contribution in [3.8, 4) is 0 Å². The maximum atomic E-state index is 5.87. The summed E-state index contributed by atoms with van der Waals surface area (Å²) in [5.74, 6) is 0.406. The molecule has 0 fully saturated rings. The second-order valence-electron chi connectivity index (χ2n) is 3.50. The molecule has 1 unspecified atom stereocenters. The van der Waals surface area contributed by atoms with Crippen molar-refractivity contribution in [2.75, 3.05) is 5.73 Å². The van der Waals surface area contributed by atoms with E-state index in [4.69, 9.17) is 11.5 Å². The second-order valence-corrected chi connectivity index (χ2v) is 3.50. The molecule has 0 spiro atoms. The highest BCUT2D eigenvalue weighted by atomic mass is 15.1. The fourth-order valence-electron chi connectivity index (χ4n) is 1.41. The number of hydrogen-bond donors (Lipinski definition) is 2.